The number of fused-ring (bicyclic) bond motifs is 1. The van der Waals surface area contributed by atoms with E-state index in [0.717, 1.165) is 6.54 Å². The third-order valence-corrected chi connectivity index (χ3v) is 7.61. The van der Waals surface area contributed by atoms with Gasteiger partial charge in [-0.3, -0.25) is 4.79 Å². The molecule has 1 unspecified atom stereocenters. The smallest absolute Gasteiger partial charge is 0.353 e. The molecule has 0 saturated carbocycles. The number of aliphatic hydroxyl groups excluding tert-OH is 2. The van der Waals surface area contributed by atoms with Crippen LogP contribution in [-0.4, -0.2) is 82.3 Å². The molecule has 0 aromatic carbocycles. The van der Waals surface area contributed by atoms with Crippen molar-refractivity contribution in [3.05, 3.63) is 10.6 Å². The number of hydrogen-bond donors (Lipinski definition) is 5. The van der Waals surface area contributed by atoms with E-state index < -0.39 is 24.1 Å². The number of amides is 1. The van der Waals surface area contributed by atoms with Crippen molar-refractivity contribution in [3.8, 4) is 0 Å². The molecule has 9 heteroatoms. The standard InChI is InChI=1S/C18H29N3O5S/c1-8-14-13(9(2)22)17(24)21(14)15(18(25)26)16(8)27-12-7-20-6-10(12)11(23)4-5-19-3/h8-14,19-20,22-23H,4-7H2,1-3H3,(H,25,26)/t8-,9-,10-,11-,12?,13-,14-/m1/s1. The van der Waals surface area contributed by atoms with Crippen molar-refractivity contribution in [2.24, 2.45) is 17.8 Å². The molecule has 3 aliphatic heterocycles. The average molecular weight is 400 g/mol. The Hall–Kier alpha value is -1.13. The van der Waals surface area contributed by atoms with Gasteiger partial charge in [-0.1, -0.05) is 6.92 Å². The molecule has 2 fully saturated rings. The molecule has 8 nitrogen and oxygen atoms in total. The summed E-state index contributed by atoms with van der Waals surface area (Å²) in [5, 5.41) is 36.6. The number of nitrogens with one attached hydrogen (secondary N) is 2. The molecule has 3 aliphatic rings. The fraction of sp³-hybridized carbons (Fsp3) is 0.778. The van der Waals surface area contributed by atoms with Crippen LogP contribution in [0.15, 0.2) is 10.6 Å². The Labute approximate surface area is 163 Å². The molecule has 0 bridgehead atoms. The van der Waals surface area contributed by atoms with Gasteiger partial charge in [-0.15, -0.1) is 11.8 Å². The van der Waals surface area contributed by atoms with Gasteiger partial charge in [0.2, 0.25) is 5.91 Å². The number of aliphatic hydroxyl groups is 2. The number of rotatable bonds is 8. The van der Waals surface area contributed by atoms with Gasteiger partial charge in [0, 0.05) is 35.1 Å². The summed E-state index contributed by atoms with van der Waals surface area (Å²) < 4.78 is 0. The van der Waals surface area contributed by atoms with E-state index in [9.17, 15) is 24.9 Å². The van der Waals surface area contributed by atoms with Crippen LogP contribution in [0.4, 0.5) is 0 Å². The zero-order valence-electron chi connectivity index (χ0n) is 15.9. The molecule has 152 valence electrons. The third-order valence-electron chi connectivity index (χ3n) is 5.98. The van der Waals surface area contributed by atoms with Crippen LogP contribution in [-0.2, 0) is 9.59 Å². The first-order valence-electron chi connectivity index (χ1n) is 9.48. The highest BCUT2D eigenvalue weighted by molar-refractivity contribution is 8.03. The highest BCUT2D eigenvalue weighted by atomic mass is 32.2. The van der Waals surface area contributed by atoms with E-state index in [4.69, 9.17) is 0 Å². The molecule has 1 amide bonds. The van der Waals surface area contributed by atoms with Crippen LogP contribution in [0.5, 0.6) is 0 Å². The number of thioether (sulfide) groups is 1. The lowest BCUT2D eigenvalue weighted by Crippen LogP contribution is -2.63. The van der Waals surface area contributed by atoms with Crippen LogP contribution in [0, 0.1) is 17.8 Å². The molecule has 5 N–H and O–H groups in total. The Morgan fingerprint density at radius 1 is 1.41 bits per heavy atom. The van der Waals surface area contributed by atoms with E-state index >= 15 is 0 Å². The van der Waals surface area contributed by atoms with Crippen molar-refractivity contribution in [3.63, 3.8) is 0 Å². The zero-order chi connectivity index (χ0) is 19.9. The minimum absolute atomic E-state index is 0.0228. The molecule has 0 aliphatic carbocycles. The van der Waals surface area contributed by atoms with Gasteiger partial charge in [0.05, 0.1) is 24.2 Å². The SMILES string of the molecule is CNCC[C@@H](O)[C@H]1CNCC1SC1=C(C(=O)O)N2C(=O)[C@H]([C@@H](C)O)[C@H]2[C@H]1C. The number of carbonyl (C=O) groups excluding carboxylic acids is 1. The van der Waals surface area contributed by atoms with E-state index in [-0.39, 0.29) is 34.7 Å². The average Bonchev–Trinajstić information content (AvgIpc) is 3.15. The molecule has 0 radical (unpaired) electrons. The Morgan fingerprint density at radius 3 is 2.70 bits per heavy atom. The first kappa shape index (κ1) is 20.6. The van der Waals surface area contributed by atoms with Crippen molar-refractivity contribution < 1.29 is 24.9 Å². The predicted molar refractivity (Wildman–Crippen MR) is 102 cm³/mol. The first-order valence-corrected chi connectivity index (χ1v) is 10.4. The zero-order valence-corrected chi connectivity index (χ0v) is 16.7. The summed E-state index contributed by atoms with van der Waals surface area (Å²) in [6, 6.07) is -0.298. The van der Waals surface area contributed by atoms with Crippen LogP contribution < -0.4 is 10.6 Å². The van der Waals surface area contributed by atoms with Crippen molar-refractivity contribution in [1.29, 1.82) is 0 Å². The maximum absolute atomic E-state index is 12.4. The molecule has 3 heterocycles. The van der Waals surface area contributed by atoms with Crippen LogP contribution >= 0.6 is 11.8 Å². The number of nitrogens with zero attached hydrogens (tertiary/aromatic N) is 1. The number of aliphatic carboxylic acids is 1. The Bertz CT molecular complexity index is 640. The van der Waals surface area contributed by atoms with Gasteiger partial charge in [-0.05, 0) is 26.9 Å². The Balaban J connectivity index is 1.81. The maximum Gasteiger partial charge on any atom is 0.353 e. The fourth-order valence-electron chi connectivity index (χ4n) is 4.54. The van der Waals surface area contributed by atoms with Crippen molar-refractivity contribution in [2.45, 2.75) is 43.8 Å². The van der Waals surface area contributed by atoms with Gasteiger partial charge in [-0.2, -0.15) is 0 Å². The number of carbonyl (C=O) groups is 2. The van der Waals surface area contributed by atoms with E-state index in [1.54, 1.807) is 6.92 Å². The Kier molecular flexibility index (Phi) is 6.17. The van der Waals surface area contributed by atoms with Crippen molar-refractivity contribution >= 4 is 23.6 Å². The van der Waals surface area contributed by atoms with Crippen LogP contribution in [0.1, 0.15) is 20.3 Å². The molecular weight excluding hydrogens is 370 g/mol. The van der Waals surface area contributed by atoms with Gasteiger partial charge in [0.15, 0.2) is 0 Å². The van der Waals surface area contributed by atoms with Crippen molar-refractivity contribution in [2.75, 3.05) is 26.7 Å². The fourth-order valence-corrected chi connectivity index (χ4v) is 6.17. The van der Waals surface area contributed by atoms with E-state index in [1.165, 1.54) is 16.7 Å². The second kappa shape index (κ2) is 8.08. The highest BCUT2D eigenvalue weighted by Crippen LogP contribution is 2.52. The minimum Gasteiger partial charge on any atom is -0.477 e. The molecule has 2 saturated heterocycles. The quantitative estimate of drug-likeness (QED) is 0.344. The molecular formula is C18H29N3O5S. The van der Waals surface area contributed by atoms with Crippen LogP contribution in [0.25, 0.3) is 0 Å². The van der Waals surface area contributed by atoms with E-state index in [1.807, 2.05) is 14.0 Å². The van der Waals surface area contributed by atoms with Crippen molar-refractivity contribution in [1.82, 2.24) is 15.5 Å². The van der Waals surface area contributed by atoms with Gasteiger partial charge < -0.3 is 30.9 Å². The maximum atomic E-state index is 12.4. The van der Waals surface area contributed by atoms with Crippen LogP contribution in [0.3, 0.4) is 0 Å². The second-order valence-electron chi connectivity index (χ2n) is 7.71. The summed E-state index contributed by atoms with van der Waals surface area (Å²) in [5.41, 5.74) is 0.0507. The number of β-lactam (4-membered cyclic amide) rings is 1. The lowest BCUT2D eigenvalue weighted by molar-refractivity contribution is -0.163. The second-order valence-corrected chi connectivity index (χ2v) is 8.99. The predicted octanol–water partition coefficient (Wildman–Crippen LogP) is -0.568. The highest BCUT2D eigenvalue weighted by Gasteiger charge is 2.60. The summed E-state index contributed by atoms with van der Waals surface area (Å²) in [7, 11) is 1.84. The van der Waals surface area contributed by atoms with Gasteiger partial charge in [0.1, 0.15) is 5.70 Å². The summed E-state index contributed by atoms with van der Waals surface area (Å²) in [4.78, 5) is 26.4. The number of carboxylic acid groups (broad SMARTS) is 1. The molecule has 7 atom stereocenters. The summed E-state index contributed by atoms with van der Waals surface area (Å²) in [6.07, 6.45) is -0.637. The van der Waals surface area contributed by atoms with Crippen LogP contribution in [0.2, 0.25) is 0 Å². The summed E-state index contributed by atoms with van der Waals surface area (Å²) >= 11 is 1.47. The number of hydrogen-bond acceptors (Lipinski definition) is 7. The molecule has 0 aromatic heterocycles. The Morgan fingerprint density at radius 2 is 2.11 bits per heavy atom. The number of carboxylic acids is 1. The van der Waals surface area contributed by atoms with E-state index in [2.05, 4.69) is 10.6 Å². The molecule has 0 aromatic rings. The van der Waals surface area contributed by atoms with Gasteiger partial charge >= 0.3 is 5.97 Å². The minimum atomic E-state index is -1.11. The topological polar surface area (TPSA) is 122 Å². The molecule has 3 rings (SSSR count). The largest absolute Gasteiger partial charge is 0.477 e. The van der Waals surface area contributed by atoms with Gasteiger partial charge in [-0.25, -0.2) is 4.79 Å². The molecule has 27 heavy (non-hydrogen) atoms. The molecule has 0 spiro atoms. The summed E-state index contributed by atoms with van der Waals surface area (Å²) in [6.45, 7) is 5.59. The normalized spacial score (nSPS) is 35.2. The summed E-state index contributed by atoms with van der Waals surface area (Å²) in [5.74, 6) is -2.10. The van der Waals surface area contributed by atoms with Gasteiger partial charge in [0.25, 0.3) is 0 Å². The monoisotopic (exact) mass is 399 g/mol. The third kappa shape index (κ3) is 3.51. The van der Waals surface area contributed by atoms with E-state index in [0.29, 0.717) is 24.4 Å². The lowest BCUT2D eigenvalue weighted by Gasteiger charge is -2.46. The first-order chi connectivity index (χ1) is 12.8. The lowest BCUT2D eigenvalue weighted by atomic mass is 9.79.